The van der Waals surface area contributed by atoms with Crippen molar-refractivity contribution in [3.8, 4) is 5.75 Å². The number of ether oxygens (including phenoxy) is 1. The van der Waals surface area contributed by atoms with E-state index in [4.69, 9.17) is 27.9 Å². The van der Waals surface area contributed by atoms with Crippen LogP contribution in [-0.2, 0) is 12.8 Å². The normalized spacial score (nSPS) is 11.8. The van der Waals surface area contributed by atoms with E-state index in [1.165, 1.54) is 18.2 Å². The van der Waals surface area contributed by atoms with E-state index in [1.807, 2.05) is 0 Å². The molecule has 3 rings (SSSR count). The van der Waals surface area contributed by atoms with Gasteiger partial charge in [-0.2, -0.15) is 18.3 Å². The lowest BCUT2D eigenvalue weighted by Crippen LogP contribution is -2.16. The summed E-state index contributed by atoms with van der Waals surface area (Å²) >= 11 is 15.1. The molecule has 0 saturated heterocycles. The van der Waals surface area contributed by atoms with Crippen molar-refractivity contribution < 1.29 is 35.5 Å². The van der Waals surface area contributed by atoms with Crippen molar-refractivity contribution in [2.24, 2.45) is 5.10 Å². The Kier molecular flexibility index (Phi) is 7.99. The molecule has 0 atom stereocenters. The zero-order valence-electron chi connectivity index (χ0n) is 16.4. The van der Waals surface area contributed by atoms with Crippen molar-refractivity contribution >= 4 is 51.0 Å². The highest BCUT2D eigenvalue weighted by atomic mass is 79.9. The quantitative estimate of drug-likeness (QED) is 0.136. The molecule has 3 aromatic carbocycles. The molecule has 3 nitrogen and oxygen atoms in total. The first-order chi connectivity index (χ1) is 15.9. The number of anilines is 1. The van der Waals surface area contributed by atoms with Crippen molar-refractivity contribution in [3.63, 3.8) is 0 Å². The number of alkyl halides is 3. The molecule has 3 aromatic rings. The third kappa shape index (κ3) is 5.76. The van der Waals surface area contributed by atoms with E-state index in [0.717, 1.165) is 11.8 Å². The summed E-state index contributed by atoms with van der Waals surface area (Å²) in [5.74, 6) is -9.29. The van der Waals surface area contributed by atoms with Crippen LogP contribution in [0.25, 0.3) is 0 Å². The second-order valence-electron chi connectivity index (χ2n) is 6.60. The smallest absolute Gasteiger partial charge is 0.422 e. The molecular formula is C21H10BrCl2F7N2O. The fourth-order valence-electron chi connectivity index (χ4n) is 2.66. The van der Waals surface area contributed by atoms with Gasteiger partial charge in [0.15, 0.2) is 23.3 Å². The van der Waals surface area contributed by atoms with Gasteiger partial charge in [0.2, 0.25) is 0 Å². The van der Waals surface area contributed by atoms with E-state index < -0.39 is 40.7 Å². The van der Waals surface area contributed by atoms with Gasteiger partial charge in [0.1, 0.15) is 23.6 Å². The monoisotopic (exact) mass is 588 g/mol. The maximum Gasteiger partial charge on any atom is 0.422 e. The molecule has 0 aromatic heterocycles. The predicted octanol–water partition coefficient (Wildman–Crippen LogP) is 8.36. The molecule has 0 aliphatic carbocycles. The summed E-state index contributed by atoms with van der Waals surface area (Å²) < 4.78 is 99.1. The van der Waals surface area contributed by atoms with Crippen LogP contribution >= 0.6 is 39.1 Å². The van der Waals surface area contributed by atoms with Gasteiger partial charge in [-0.25, -0.2) is 17.6 Å². The van der Waals surface area contributed by atoms with Crippen molar-refractivity contribution in [1.82, 2.24) is 0 Å². The number of rotatable bonds is 6. The van der Waals surface area contributed by atoms with Gasteiger partial charge in [0.05, 0.1) is 20.7 Å². The number of benzene rings is 3. The van der Waals surface area contributed by atoms with E-state index in [2.05, 4.69) is 21.0 Å². The Morgan fingerprint density at radius 2 is 1.56 bits per heavy atom. The van der Waals surface area contributed by atoms with Crippen molar-refractivity contribution in [2.75, 3.05) is 5.43 Å². The van der Waals surface area contributed by atoms with E-state index >= 15 is 0 Å². The summed E-state index contributed by atoms with van der Waals surface area (Å²) in [7, 11) is 0. The topological polar surface area (TPSA) is 33.6 Å². The Bertz CT molecular complexity index is 1240. The van der Waals surface area contributed by atoms with Gasteiger partial charge >= 0.3 is 6.18 Å². The van der Waals surface area contributed by atoms with Crippen molar-refractivity contribution in [2.45, 2.75) is 12.8 Å². The molecule has 0 spiro atoms. The van der Waals surface area contributed by atoms with E-state index in [0.29, 0.717) is 25.8 Å². The van der Waals surface area contributed by atoms with Crippen LogP contribution in [0.3, 0.4) is 0 Å². The third-order valence-corrected chi connectivity index (χ3v) is 5.63. The molecule has 34 heavy (non-hydrogen) atoms. The van der Waals surface area contributed by atoms with Crippen LogP contribution in [0.15, 0.2) is 46.0 Å². The lowest BCUT2D eigenvalue weighted by molar-refractivity contribution is -0.143. The number of nitrogens with zero attached hydrogens (tertiary/aromatic N) is 1. The molecule has 0 bridgehead atoms. The number of nitrogens with one attached hydrogen (secondary N) is 1. The molecule has 0 aliphatic heterocycles. The highest BCUT2D eigenvalue weighted by Gasteiger charge is 2.42. The van der Waals surface area contributed by atoms with Crippen LogP contribution in [0.5, 0.6) is 5.75 Å². The molecule has 0 heterocycles. The van der Waals surface area contributed by atoms with Crippen LogP contribution in [0.2, 0.25) is 10.0 Å². The Morgan fingerprint density at radius 1 is 0.912 bits per heavy atom. The Hall–Kier alpha value is -2.50. The lowest BCUT2D eigenvalue weighted by Gasteiger charge is -2.13. The average Bonchev–Trinajstić information content (AvgIpc) is 2.75. The zero-order chi connectivity index (χ0) is 25.2. The van der Waals surface area contributed by atoms with Gasteiger partial charge in [-0.3, -0.25) is 5.43 Å². The van der Waals surface area contributed by atoms with E-state index in [1.54, 1.807) is 23.6 Å². The minimum Gasteiger partial charge on any atom is -0.488 e. The van der Waals surface area contributed by atoms with Gasteiger partial charge in [-0.1, -0.05) is 29.3 Å². The molecule has 0 radical (unpaired) electrons. The number of hydrogen-bond donors (Lipinski definition) is 1. The highest BCUT2D eigenvalue weighted by molar-refractivity contribution is 9.10. The summed E-state index contributed by atoms with van der Waals surface area (Å²) in [5.41, 5.74) is -1.41. The number of hydrazone groups is 1. The van der Waals surface area contributed by atoms with Gasteiger partial charge in [0, 0.05) is 0 Å². The summed E-state index contributed by atoms with van der Waals surface area (Å²) in [6.45, 7) is 0.161. The molecule has 0 unspecified atom stereocenters. The number of halogens is 10. The fourth-order valence-corrected chi connectivity index (χ4v) is 3.49. The minimum absolute atomic E-state index is 0.161. The number of hydrogen-bond acceptors (Lipinski definition) is 3. The maximum atomic E-state index is 13.9. The van der Waals surface area contributed by atoms with Crippen molar-refractivity contribution in [1.29, 1.82) is 0 Å². The molecule has 0 amide bonds. The Balaban J connectivity index is 1.73. The Morgan fingerprint density at radius 3 is 2.12 bits per heavy atom. The third-order valence-electron chi connectivity index (χ3n) is 4.27. The molecule has 0 fully saturated rings. The SMILES string of the molecule is Fc1c(F)c(C(F)(F)F)c(F)c(F)c1NN=Cc1ccc(OCc2ccc(Cl)c(Cl)c2)c(Br)c1. The zero-order valence-corrected chi connectivity index (χ0v) is 19.5. The minimum atomic E-state index is -5.63. The molecule has 1 N–H and O–H groups in total. The largest absolute Gasteiger partial charge is 0.488 e. The second-order valence-corrected chi connectivity index (χ2v) is 8.27. The van der Waals surface area contributed by atoms with Crippen LogP contribution < -0.4 is 10.2 Å². The maximum absolute atomic E-state index is 13.9. The van der Waals surface area contributed by atoms with Crippen LogP contribution in [0, 0.1) is 23.3 Å². The van der Waals surface area contributed by atoms with Gasteiger partial charge in [-0.05, 0) is 57.4 Å². The molecule has 0 aliphatic rings. The van der Waals surface area contributed by atoms with Gasteiger partial charge in [-0.15, -0.1) is 0 Å². The van der Waals surface area contributed by atoms with Crippen LogP contribution in [0.4, 0.5) is 36.4 Å². The summed E-state index contributed by atoms with van der Waals surface area (Å²) in [5, 5.41) is 4.19. The molecule has 180 valence electrons. The summed E-state index contributed by atoms with van der Waals surface area (Å²) in [4.78, 5) is 0. The van der Waals surface area contributed by atoms with Crippen LogP contribution in [0.1, 0.15) is 16.7 Å². The van der Waals surface area contributed by atoms with Gasteiger partial charge in [0.25, 0.3) is 0 Å². The van der Waals surface area contributed by atoms with Crippen LogP contribution in [-0.4, -0.2) is 6.21 Å². The average molecular weight is 590 g/mol. The predicted molar refractivity (Wildman–Crippen MR) is 117 cm³/mol. The second kappa shape index (κ2) is 10.4. The first kappa shape index (κ1) is 26.1. The standard InChI is InChI=1S/C21H10BrCl2F7N2O/c22-11-5-9(2-4-14(11)34-8-10-1-3-12(23)13(24)6-10)7-32-33-20-18(27)16(25)15(21(29,30)31)17(26)19(20)28/h1-7,33H,8H2. The molecule has 13 heteroatoms. The summed E-state index contributed by atoms with van der Waals surface area (Å²) in [6.07, 6.45) is -4.62. The van der Waals surface area contributed by atoms with Gasteiger partial charge < -0.3 is 4.74 Å². The first-order valence-corrected chi connectivity index (χ1v) is 10.5. The molecule has 0 saturated carbocycles. The molecular weight excluding hydrogens is 580 g/mol. The lowest BCUT2D eigenvalue weighted by atomic mass is 10.1. The van der Waals surface area contributed by atoms with Crippen molar-refractivity contribution in [3.05, 3.63) is 90.9 Å². The Labute approximate surface area is 206 Å². The highest BCUT2D eigenvalue weighted by Crippen LogP contribution is 2.38. The van der Waals surface area contributed by atoms with E-state index in [9.17, 15) is 30.7 Å². The first-order valence-electron chi connectivity index (χ1n) is 8.98. The van der Waals surface area contributed by atoms with E-state index in [-0.39, 0.29) is 6.61 Å². The fraction of sp³-hybridized carbons (Fsp3) is 0.0952. The summed E-state index contributed by atoms with van der Waals surface area (Å²) in [6, 6.07) is 9.48.